The minimum absolute atomic E-state index is 0.275. The van der Waals surface area contributed by atoms with Gasteiger partial charge in [0.25, 0.3) is 0 Å². The lowest BCUT2D eigenvalue weighted by Crippen LogP contribution is -2.06. The third-order valence-electron chi connectivity index (χ3n) is 16.0. The van der Waals surface area contributed by atoms with Crippen LogP contribution < -0.4 is 0 Å². The Balaban J connectivity index is 1.01. The minimum atomic E-state index is 0.275. The molecule has 0 spiro atoms. The first kappa shape index (κ1) is 40.8. The maximum atomic E-state index is 10.9. The monoisotopic (exact) mass is 968 g/mol. The normalized spacial score (nSPS) is 12.2. The van der Waals surface area contributed by atoms with Gasteiger partial charge in [-0.1, -0.05) is 109 Å². The molecule has 0 aliphatic rings. The lowest BCUT2D eigenvalue weighted by Gasteiger charge is -2.18. The second-order valence-electron chi connectivity index (χ2n) is 19.8. The van der Waals surface area contributed by atoms with Gasteiger partial charge in [0.05, 0.1) is 77.4 Å². The van der Waals surface area contributed by atoms with Crippen molar-refractivity contribution in [2.45, 2.75) is 0 Å². The van der Waals surface area contributed by atoms with E-state index in [1.165, 1.54) is 21.5 Å². The van der Waals surface area contributed by atoms with Gasteiger partial charge in [0.2, 0.25) is 0 Å². The molecule has 6 aromatic heterocycles. The van der Waals surface area contributed by atoms with Crippen LogP contribution in [0.2, 0.25) is 0 Å². The van der Waals surface area contributed by atoms with E-state index in [2.05, 4.69) is 200 Å². The van der Waals surface area contributed by atoms with Crippen molar-refractivity contribution in [3.63, 3.8) is 0 Å². The summed E-state index contributed by atoms with van der Waals surface area (Å²) in [6, 6.07) is 81.2. The van der Waals surface area contributed by atoms with Gasteiger partial charge in [-0.15, -0.1) is 0 Å². The molecule has 0 fully saturated rings. The zero-order chi connectivity index (χ0) is 49.9. The number of benzene rings is 11. The van der Waals surface area contributed by atoms with Gasteiger partial charge in [-0.3, -0.25) is 0 Å². The summed E-state index contributed by atoms with van der Waals surface area (Å²) in [6.07, 6.45) is 0. The van der Waals surface area contributed by atoms with Gasteiger partial charge < -0.3 is 27.1 Å². The molecule has 0 amide bonds. The molecule has 11 aromatic carbocycles. The summed E-state index contributed by atoms with van der Waals surface area (Å²) in [7, 11) is 0. The van der Waals surface area contributed by atoms with Crippen LogP contribution in [-0.2, 0) is 0 Å². The molecule has 350 valence electrons. The molecule has 0 bridgehead atoms. The second kappa shape index (κ2) is 14.9. The van der Waals surface area contributed by atoms with Crippen molar-refractivity contribution in [3.05, 3.63) is 230 Å². The van der Waals surface area contributed by atoms with Crippen LogP contribution in [0.15, 0.2) is 227 Å². The third-order valence-corrected chi connectivity index (χ3v) is 16.0. The van der Waals surface area contributed by atoms with Gasteiger partial charge >= 0.3 is 0 Å². The van der Waals surface area contributed by atoms with E-state index in [-0.39, 0.29) is 11.1 Å². The standard InChI is InChI=1S/C68H36N6O2/c69-37-39-33-61(73-57-29-25-41(71-53-19-7-1-13-43(53)44-14-2-8-20-54(44)71)35-51(57)65-59(73)31-27-49-47-17-5-11-23-63(47)75-67(49)65)62(34-40(39)38-70)74-58-30-26-42(72-55-21-9-3-15-45(55)46-16-4-10-22-56(46)72)36-52(58)66-60(74)32-28-50-48-18-6-12-24-64(48)76-68(50)66/h1-36H. The Bertz CT molecular complexity index is 5070. The van der Waals surface area contributed by atoms with Gasteiger partial charge in [-0.25, -0.2) is 0 Å². The van der Waals surface area contributed by atoms with Gasteiger partial charge in [0.15, 0.2) is 0 Å². The molecule has 17 rings (SSSR count). The first-order valence-corrected chi connectivity index (χ1v) is 25.4. The summed E-state index contributed by atoms with van der Waals surface area (Å²) < 4.78 is 23.0. The molecule has 6 heterocycles. The van der Waals surface area contributed by atoms with Crippen molar-refractivity contribution in [3.8, 4) is 34.9 Å². The number of fused-ring (bicyclic) bond motifs is 20. The maximum Gasteiger partial charge on any atom is 0.145 e. The van der Waals surface area contributed by atoms with Crippen molar-refractivity contribution >= 4 is 131 Å². The summed E-state index contributed by atoms with van der Waals surface area (Å²) in [5.41, 5.74) is 15.2. The molecule has 0 saturated carbocycles. The lowest BCUT2D eigenvalue weighted by atomic mass is 10.1. The molecule has 0 N–H and O–H groups in total. The SMILES string of the molecule is N#Cc1cc(-n2c3ccc(-n4c5ccccc5c5ccccc54)cc3c3c4oc5ccccc5c4ccc32)c(-n2c3ccc(-n4c5ccccc5c5ccccc54)cc3c3c4oc5ccccc5c4ccc32)cc1C#N. The fraction of sp³-hybridized carbons (Fsp3) is 0. The lowest BCUT2D eigenvalue weighted by molar-refractivity contribution is 0.672. The second-order valence-corrected chi connectivity index (χ2v) is 19.8. The highest BCUT2D eigenvalue weighted by molar-refractivity contribution is 6.26. The molecule has 0 aliphatic heterocycles. The highest BCUT2D eigenvalue weighted by Gasteiger charge is 2.27. The van der Waals surface area contributed by atoms with E-state index >= 15 is 0 Å². The van der Waals surface area contributed by atoms with E-state index in [1.807, 2.05) is 48.5 Å². The summed E-state index contributed by atoms with van der Waals surface area (Å²) in [6.45, 7) is 0. The predicted octanol–water partition coefficient (Wildman–Crippen LogP) is 17.6. The quantitative estimate of drug-likeness (QED) is 0.176. The largest absolute Gasteiger partial charge is 0.455 e. The van der Waals surface area contributed by atoms with E-state index in [0.29, 0.717) is 0 Å². The maximum absolute atomic E-state index is 10.9. The number of aromatic nitrogens is 4. The zero-order valence-corrected chi connectivity index (χ0v) is 40.3. The average molecular weight is 969 g/mol. The summed E-state index contributed by atoms with van der Waals surface area (Å²) >= 11 is 0. The first-order chi connectivity index (χ1) is 37.6. The number of hydrogen-bond acceptors (Lipinski definition) is 4. The van der Waals surface area contributed by atoms with E-state index in [9.17, 15) is 10.5 Å². The molecular weight excluding hydrogens is 933 g/mol. The van der Waals surface area contributed by atoms with E-state index in [1.54, 1.807) is 0 Å². The van der Waals surface area contributed by atoms with E-state index < -0.39 is 0 Å². The van der Waals surface area contributed by atoms with Crippen LogP contribution in [0.1, 0.15) is 11.1 Å². The molecule has 0 atom stereocenters. The fourth-order valence-electron chi connectivity index (χ4n) is 12.9. The fourth-order valence-corrected chi connectivity index (χ4v) is 12.9. The van der Waals surface area contributed by atoms with Crippen LogP contribution in [0.5, 0.6) is 0 Å². The third kappa shape index (κ3) is 5.28. The summed E-state index contributed by atoms with van der Waals surface area (Å²) in [5, 5.41) is 34.5. The topological polar surface area (TPSA) is 93.6 Å². The molecular formula is C68H36N6O2. The number of rotatable bonds is 4. The van der Waals surface area contributed by atoms with Crippen LogP contribution >= 0.6 is 0 Å². The van der Waals surface area contributed by atoms with Crippen LogP contribution in [0, 0.1) is 22.7 Å². The highest BCUT2D eigenvalue weighted by Crippen LogP contribution is 2.47. The molecule has 8 nitrogen and oxygen atoms in total. The minimum Gasteiger partial charge on any atom is -0.455 e. The number of nitriles is 2. The average Bonchev–Trinajstić information content (AvgIpc) is 4.40. The first-order valence-electron chi connectivity index (χ1n) is 25.4. The zero-order valence-electron chi connectivity index (χ0n) is 40.3. The number of hydrogen-bond donors (Lipinski definition) is 0. The Morgan fingerprint density at radius 2 is 0.605 bits per heavy atom. The Morgan fingerprint density at radius 3 is 0.987 bits per heavy atom. The van der Waals surface area contributed by atoms with Crippen LogP contribution in [0.4, 0.5) is 0 Å². The van der Waals surface area contributed by atoms with E-state index in [4.69, 9.17) is 8.83 Å². The summed E-state index contributed by atoms with van der Waals surface area (Å²) in [4.78, 5) is 0. The van der Waals surface area contributed by atoms with Crippen molar-refractivity contribution in [2.24, 2.45) is 0 Å². The molecule has 17 aromatic rings. The van der Waals surface area contributed by atoms with Crippen LogP contribution in [0.25, 0.3) is 154 Å². The van der Waals surface area contributed by atoms with Crippen molar-refractivity contribution in [1.82, 2.24) is 18.3 Å². The smallest absolute Gasteiger partial charge is 0.145 e. The number of furan rings is 2. The van der Waals surface area contributed by atoms with Crippen molar-refractivity contribution in [2.75, 3.05) is 0 Å². The summed E-state index contributed by atoms with van der Waals surface area (Å²) in [5.74, 6) is 0. The molecule has 0 saturated heterocycles. The van der Waals surface area contributed by atoms with Crippen LogP contribution in [0.3, 0.4) is 0 Å². The highest BCUT2D eigenvalue weighted by atomic mass is 16.3. The van der Waals surface area contributed by atoms with Crippen LogP contribution in [-0.4, -0.2) is 18.3 Å². The molecule has 8 heteroatoms. The van der Waals surface area contributed by atoms with Crippen molar-refractivity contribution < 1.29 is 8.83 Å². The van der Waals surface area contributed by atoms with Gasteiger partial charge in [0.1, 0.15) is 34.5 Å². The number of nitrogens with zero attached hydrogens (tertiary/aromatic N) is 6. The van der Waals surface area contributed by atoms with Gasteiger partial charge in [-0.05, 0) is 109 Å². The molecule has 0 aliphatic carbocycles. The molecule has 0 unspecified atom stereocenters. The van der Waals surface area contributed by atoms with Gasteiger partial charge in [0, 0.05) is 65.2 Å². The van der Waals surface area contributed by atoms with E-state index in [0.717, 1.165) is 132 Å². The Morgan fingerprint density at radius 1 is 0.276 bits per heavy atom. The van der Waals surface area contributed by atoms with Gasteiger partial charge in [-0.2, -0.15) is 10.5 Å². The Kier molecular flexibility index (Phi) is 7.99. The molecule has 0 radical (unpaired) electrons. The predicted molar refractivity (Wildman–Crippen MR) is 308 cm³/mol. The van der Waals surface area contributed by atoms with Crippen molar-refractivity contribution in [1.29, 1.82) is 10.5 Å². The Labute approximate surface area is 431 Å². The Hall–Kier alpha value is -10.8. The molecule has 76 heavy (non-hydrogen) atoms. The number of para-hydroxylation sites is 6.